The fourth-order valence-corrected chi connectivity index (χ4v) is 2.48. The van der Waals surface area contributed by atoms with Crippen LogP contribution in [0.4, 0.5) is 5.69 Å². The van der Waals surface area contributed by atoms with Crippen molar-refractivity contribution in [3.05, 3.63) is 34.4 Å². The number of carbonyl (C=O) groups is 1. The SMILES string of the molecule is CCOC(=O)C1(N)CCC(Oc2ccccc2[N+](=O)[O-])C1. The van der Waals surface area contributed by atoms with E-state index >= 15 is 0 Å². The van der Waals surface area contributed by atoms with Crippen LogP contribution < -0.4 is 10.5 Å². The highest BCUT2D eigenvalue weighted by Crippen LogP contribution is 2.35. The molecule has 114 valence electrons. The van der Waals surface area contributed by atoms with Gasteiger partial charge in [-0.05, 0) is 25.8 Å². The molecule has 7 heteroatoms. The molecule has 2 atom stereocenters. The Morgan fingerprint density at radius 1 is 1.52 bits per heavy atom. The van der Waals surface area contributed by atoms with Gasteiger partial charge < -0.3 is 15.2 Å². The van der Waals surface area contributed by atoms with E-state index in [2.05, 4.69) is 0 Å². The molecule has 2 N–H and O–H groups in total. The van der Waals surface area contributed by atoms with E-state index in [1.165, 1.54) is 6.07 Å². The van der Waals surface area contributed by atoms with Gasteiger partial charge in [-0.25, -0.2) is 0 Å². The fraction of sp³-hybridized carbons (Fsp3) is 0.500. The zero-order chi connectivity index (χ0) is 15.5. The average Bonchev–Trinajstić information content (AvgIpc) is 2.82. The molecule has 0 spiro atoms. The lowest BCUT2D eigenvalue weighted by atomic mass is 9.99. The number of hydrogen-bond donors (Lipinski definition) is 1. The molecule has 0 amide bonds. The maximum absolute atomic E-state index is 11.8. The van der Waals surface area contributed by atoms with Gasteiger partial charge >= 0.3 is 11.7 Å². The van der Waals surface area contributed by atoms with Gasteiger partial charge in [0.15, 0.2) is 5.75 Å². The number of hydrogen-bond acceptors (Lipinski definition) is 6. The Bertz CT molecular complexity index is 548. The van der Waals surface area contributed by atoms with E-state index in [0.717, 1.165) is 0 Å². The molecule has 0 aliphatic heterocycles. The summed E-state index contributed by atoms with van der Waals surface area (Å²) in [6, 6.07) is 6.16. The van der Waals surface area contributed by atoms with E-state index in [9.17, 15) is 14.9 Å². The highest BCUT2D eigenvalue weighted by molar-refractivity contribution is 5.81. The van der Waals surface area contributed by atoms with E-state index < -0.39 is 16.4 Å². The third-order valence-corrected chi connectivity index (χ3v) is 3.54. The number of nitro groups is 1. The standard InChI is InChI=1S/C14H18N2O5/c1-2-20-13(17)14(15)8-7-10(9-14)21-12-6-4-3-5-11(12)16(18)19/h3-6,10H,2,7-9,15H2,1H3. The summed E-state index contributed by atoms with van der Waals surface area (Å²) in [5.41, 5.74) is 4.88. The maximum atomic E-state index is 11.8. The molecule has 0 bridgehead atoms. The fourth-order valence-electron chi connectivity index (χ4n) is 2.48. The monoisotopic (exact) mass is 294 g/mol. The van der Waals surface area contributed by atoms with Crippen molar-refractivity contribution in [3.8, 4) is 5.75 Å². The van der Waals surface area contributed by atoms with Crippen LogP contribution >= 0.6 is 0 Å². The predicted octanol–water partition coefficient (Wildman–Crippen LogP) is 1.79. The summed E-state index contributed by atoms with van der Waals surface area (Å²) in [5, 5.41) is 10.9. The number of nitro benzene ring substituents is 1. The van der Waals surface area contributed by atoms with Crippen LogP contribution in [0.25, 0.3) is 0 Å². The van der Waals surface area contributed by atoms with Crippen molar-refractivity contribution in [2.75, 3.05) is 6.61 Å². The van der Waals surface area contributed by atoms with Crippen molar-refractivity contribution < 1.29 is 19.2 Å². The highest BCUT2D eigenvalue weighted by Gasteiger charge is 2.44. The summed E-state index contributed by atoms with van der Waals surface area (Å²) in [5.74, 6) is -0.251. The van der Waals surface area contributed by atoms with Crippen molar-refractivity contribution in [2.45, 2.75) is 37.8 Å². The van der Waals surface area contributed by atoms with E-state index in [1.54, 1.807) is 25.1 Å². The Hall–Kier alpha value is -2.15. The molecule has 1 aliphatic carbocycles. The minimum atomic E-state index is -1.07. The van der Waals surface area contributed by atoms with Gasteiger partial charge in [0.1, 0.15) is 11.6 Å². The smallest absolute Gasteiger partial charge is 0.326 e. The minimum Gasteiger partial charge on any atom is -0.483 e. The molecule has 0 heterocycles. The third kappa shape index (κ3) is 3.30. The molecule has 7 nitrogen and oxygen atoms in total. The predicted molar refractivity (Wildman–Crippen MR) is 74.9 cm³/mol. The lowest BCUT2D eigenvalue weighted by Crippen LogP contribution is -2.47. The Kier molecular flexibility index (Phi) is 4.42. The van der Waals surface area contributed by atoms with Crippen LogP contribution in [0.5, 0.6) is 5.75 Å². The molecule has 1 fully saturated rings. The molecule has 2 unspecified atom stereocenters. The lowest BCUT2D eigenvalue weighted by Gasteiger charge is -2.21. The van der Waals surface area contributed by atoms with Crippen molar-refractivity contribution in [3.63, 3.8) is 0 Å². The molecule has 2 rings (SSSR count). The number of esters is 1. The van der Waals surface area contributed by atoms with Crippen LogP contribution in [0.15, 0.2) is 24.3 Å². The van der Waals surface area contributed by atoms with Crippen molar-refractivity contribution in [1.29, 1.82) is 0 Å². The van der Waals surface area contributed by atoms with Crippen molar-refractivity contribution in [2.24, 2.45) is 5.73 Å². The van der Waals surface area contributed by atoms with Crippen molar-refractivity contribution in [1.82, 2.24) is 0 Å². The molecule has 1 aromatic carbocycles. The second-order valence-electron chi connectivity index (χ2n) is 5.08. The summed E-state index contributed by atoms with van der Waals surface area (Å²) in [6.07, 6.45) is 0.955. The molecule has 0 radical (unpaired) electrons. The molecular weight excluding hydrogens is 276 g/mol. The molecule has 1 saturated carbocycles. The number of rotatable bonds is 5. The van der Waals surface area contributed by atoms with E-state index in [0.29, 0.717) is 12.8 Å². The maximum Gasteiger partial charge on any atom is 0.326 e. The van der Waals surface area contributed by atoms with Gasteiger partial charge in [0.25, 0.3) is 0 Å². The van der Waals surface area contributed by atoms with E-state index in [-0.39, 0.29) is 30.6 Å². The van der Waals surface area contributed by atoms with Crippen LogP contribution in [0.1, 0.15) is 26.2 Å². The van der Waals surface area contributed by atoms with E-state index in [4.69, 9.17) is 15.2 Å². The largest absolute Gasteiger partial charge is 0.483 e. The second kappa shape index (κ2) is 6.09. The molecule has 1 aliphatic rings. The molecule has 0 saturated heterocycles. The number of para-hydroxylation sites is 2. The first-order valence-electron chi connectivity index (χ1n) is 6.82. The summed E-state index contributed by atoms with van der Waals surface area (Å²) >= 11 is 0. The summed E-state index contributed by atoms with van der Waals surface area (Å²) < 4.78 is 10.6. The average molecular weight is 294 g/mol. The lowest BCUT2D eigenvalue weighted by molar-refractivity contribution is -0.386. The van der Waals surface area contributed by atoms with Gasteiger partial charge in [-0.15, -0.1) is 0 Å². The minimum absolute atomic E-state index is 0.0943. The molecule has 1 aromatic rings. The van der Waals surface area contributed by atoms with Crippen LogP contribution in [0, 0.1) is 10.1 Å². The quantitative estimate of drug-likeness (QED) is 0.504. The Morgan fingerprint density at radius 3 is 2.90 bits per heavy atom. The summed E-state index contributed by atoms with van der Waals surface area (Å²) in [4.78, 5) is 22.3. The summed E-state index contributed by atoms with van der Waals surface area (Å²) in [6.45, 7) is 1.99. The number of benzene rings is 1. The molecular formula is C14H18N2O5. The van der Waals surface area contributed by atoms with Gasteiger partial charge in [0.05, 0.1) is 11.5 Å². The zero-order valence-corrected chi connectivity index (χ0v) is 11.8. The Labute approximate surface area is 122 Å². The first kappa shape index (κ1) is 15.2. The second-order valence-corrected chi connectivity index (χ2v) is 5.08. The molecule has 0 aromatic heterocycles. The Morgan fingerprint density at radius 2 is 2.24 bits per heavy atom. The topological polar surface area (TPSA) is 105 Å². The van der Waals surface area contributed by atoms with Gasteiger partial charge in [-0.2, -0.15) is 0 Å². The Balaban J connectivity index is 2.06. The van der Waals surface area contributed by atoms with Crippen LogP contribution in [0.3, 0.4) is 0 Å². The first-order chi connectivity index (χ1) is 9.96. The number of nitrogens with zero attached hydrogens (tertiary/aromatic N) is 1. The van der Waals surface area contributed by atoms with Gasteiger partial charge in [-0.1, -0.05) is 12.1 Å². The molecule has 21 heavy (non-hydrogen) atoms. The van der Waals surface area contributed by atoms with Gasteiger partial charge in [-0.3, -0.25) is 14.9 Å². The van der Waals surface area contributed by atoms with Crippen LogP contribution in [-0.4, -0.2) is 29.1 Å². The zero-order valence-electron chi connectivity index (χ0n) is 11.8. The van der Waals surface area contributed by atoms with E-state index in [1.807, 2.05) is 0 Å². The number of ether oxygens (including phenoxy) is 2. The number of nitrogens with two attached hydrogens (primary N) is 1. The van der Waals surface area contributed by atoms with Crippen LogP contribution in [-0.2, 0) is 9.53 Å². The number of carbonyl (C=O) groups excluding carboxylic acids is 1. The summed E-state index contributed by atoms with van der Waals surface area (Å²) in [7, 11) is 0. The van der Waals surface area contributed by atoms with Crippen LogP contribution in [0.2, 0.25) is 0 Å². The first-order valence-corrected chi connectivity index (χ1v) is 6.82. The normalized spacial score (nSPS) is 24.6. The van der Waals surface area contributed by atoms with Gasteiger partial charge in [0, 0.05) is 12.5 Å². The van der Waals surface area contributed by atoms with Gasteiger partial charge in [0.2, 0.25) is 0 Å². The highest BCUT2D eigenvalue weighted by atomic mass is 16.6. The van der Waals surface area contributed by atoms with Crippen molar-refractivity contribution >= 4 is 11.7 Å². The third-order valence-electron chi connectivity index (χ3n) is 3.54.